The largest absolute Gasteiger partial charge is 0.444 e. The Kier molecular flexibility index (Phi) is 5.15. The van der Waals surface area contributed by atoms with Crippen molar-refractivity contribution in [2.45, 2.75) is 58.1 Å². The first-order valence-corrected chi connectivity index (χ1v) is 8.17. The van der Waals surface area contributed by atoms with Gasteiger partial charge in [0.05, 0.1) is 13.2 Å². The van der Waals surface area contributed by atoms with Gasteiger partial charge in [0.15, 0.2) is 0 Å². The Morgan fingerprint density at radius 1 is 1.24 bits per heavy atom. The molecule has 0 bridgehead atoms. The topological polar surface area (TPSA) is 42.0 Å². The number of carbonyl (C=O) groups excluding carboxylic acids is 1. The molecule has 5 heteroatoms. The van der Waals surface area contributed by atoms with E-state index in [1.54, 1.807) is 0 Å². The van der Waals surface area contributed by atoms with E-state index in [-0.39, 0.29) is 11.6 Å². The Morgan fingerprint density at radius 3 is 2.48 bits per heavy atom. The molecule has 0 spiro atoms. The summed E-state index contributed by atoms with van der Waals surface area (Å²) in [4.78, 5) is 16.8. The molecule has 0 aromatic rings. The molecule has 1 unspecified atom stereocenters. The second kappa shape index (κ2) is 6.53. The molecule has 0 radical (unpaired) electrons. The molecule has 21 heavy (non-hydrogen) atoms. The number of piperidine rings is 1. The first kappa shape index (κ1) is 16.6. The van der Waals surface area contributed by atoms with E-state index in [0.29, 0.717) is 0 Å². The van der Waals surface area contributed by atoms with Gasteiger partial charge in [-0.3, -0.25) is 4.90 Å². The van der Waals surface area contributed by atoms with Crippen molar-refractivity contribution < 1.29 is 14.3 Å². The highest BCUT2D eigenvalue weighted by Crippen LogP contribution is 2.32. The van der Waals surface area contributed by atoms with Crippen LogP contribution in [0.3, 0.4) is 0 Å². The molecule has 2 aliphatic rings. The number of ether oxygens (including phenoxy) is 2. The van der Waals surface area contributed by atoms with Gasteiger partial charge >= 0.3 is 6.09 Å². The van der Waals surface area contributed by atoms with E-state index < -0.39 is 5.60 Å². The number of likely N-dealkylation sites (tertiary alicyclic amines) is 1. The van der Waals surface area contributed by atoms with E-state index >= 15 is 0 Å². The van der Waals surface area contributed by atoms with E-state index in [4.69, 9.17) is 9.47 Å². The van der Waals surface area contributed by atoms with Crippen molar-refractivity contribution in [2.24, 2.45) is 0 Å². The number of nitrogens with zero attached hydrogens (tertiary/aromatic N) is 2. The van der Waals surface area contributed by atoms with Gasteiger partial charge in [0.25, 0.3) is 0 Å². The van der Waals surface area contributed by atoms with Crippen molar-refractivity contribution in [3.05, 3.63) is 0 Å². The number of morpholine rings is 1. The van der Waals surface area contributed by atoms with Crippen LogP contribution in [0.1, 0.15) is 47.0 Å². The quantitative estimate of drug-likeness (QED) is 0.785. The van der Waals surface area contributed by atoms with Crippen molar-refractivity contribution >= 4 is 6.09 Å². The third-order valence-corrected chi connectivity index (χ3v) is 4.55. The lowest BCUT2D eigenvalue weighted by Gasteiger charge is -2.50. The number of amides is 1. The monoisotopic (exact) mass is 298 g/mol. The van der Waals surface area contributed by atoms with Crippen LogP contribution in [0.5, 0.6) is 0 Å². The van der Waals surface area contributed by atoms with Crippen LogP contribution in [0.4, 0.5) is 4.79 Å². The van der Waals surface area contributed by atoms with Crippen molar-refractivity contribution in [1.82, 2.24) is 9.80 Å². The third-order valence-electron chi connectivity index (χ3n) is 4.55. The maximum Gasteiger partial charge on any atom is 0.410 e. The molecule has 0 saturated carbocycles. The molecule has 122 valence electrons. The SMILES string of the molecule is CCC1(N2CCOCC2)CCCN(C(=O)OC(C)(C)C)C1. The first-order valence-electron chi connectivity index (χ1n) is 8.17. The fraction of sp³-hybridized carbons (Fsp3) is 0.938. The molecule has 0 aromatic heterocycles. The Bertz CT molecular complexity index is 361. The maximum atomic E-state index is 12.4. The lowest BCUT2D eigenvalue weighted by Crippen LogP contribution is -2.62. The Labute approximate surface area is 128 Å². The van der Waals surface area contributed by atoms with Crippen LogP contribution in [0.2, 0.25) is 0 Å². The molecule has 0 aliphatic carbocycles. The van der Waals surface area contributed by atoms with E-state index in [2.05, 4.69) is 11.8 Å². The molecule has 5 nitrogen and oxygen atoms in total. The van der Waals surface area contributed by atoms with Crippen LogP contribution in [-0.4, -0.2) is 66.4 Å². The van der Waals surface area contributed by atoms with E-state index in [1.807, 2.05) is 25.7 Å². The smallest absolute Gasteiger partial charge is 0.410 e. The fourth-order valence-electron chi connectivity index (χ4n) is 3.40. The molecule has 2 aliphatic heterocycles. The van der Waals surface area contributed by atoms with Gasteiger partial charge in [-0.05, 0) is 40.0 Å². The van der Waals surface area contributed by atoms with Gasteiger partial charge in [0.2, 0.25) is 0 Å². The number of rotatable bonds is 2. The van der Waals surface area contributed by atoms with Crippen molar-refractivity contribution in [3.8, 4) is 0 Å². The average molecular weight is 298 g/mol. The molecular weight excluding hydrogens is 268 g/mol. The Hall–Kier alpha value is -0.810. The highest BCUT2D eigenvalue weighted by molar-refractivity contribution is 5.68. The zero-order valence-electron chi connectivity index (χ0n) is 14.0. The lowest BCUT2D eigenvalue weighted by molar-refractivity contribution is -0.0580. The van der Waals surface area contributed by atoms with Gasteiger partial charge in [-0.25, -0.2) is 4.79 Å². The van der Waals surface area contributed by atoms with Gasteiger partial charge in [-0.2, -0.15) is 0 Å². The molecule has 2 rings (SSSR count). The van der Waals surface area contributed by atoms with Crippen LogP contribution in [0, 0.1) is 0 Å². The Morgan fingerprint density at radius 2 is 1.90 bits per heavy atom. The maximum absolute atomic E-state index is 12.4. The van der Waals surface area contributed by atoms with E-state index in [1.165, 1.54) is 0 Å². The second-order valence-electron chi connectivity index (χ2n) is 7.18. The molecule has 2 heterocycles. The number of hydrogen-bond donors (Lipinski definition) is 0. The third kappa shape index (κ3) is 4.10. The van der Waals surface area contributed by atoms with Crippen LogP contribution < -0.4 is 0 Å². The zero-order chi connectivity index (χ0) is 15.5. The van der Waals surface area contributed by atoms with Crippen LogP contribution in [0.25, 0.3) is 0 Å². The number of carbonyl (C=O) groups is 1. The van der Waals surface area contributed by atoms with Crippen LogP contribution in [0.15, 0.2) is 0 Å². The summed E-state index contributed by atoms with van der Waals surface area (Å²) in [6.07, 6.45) is 3.09. The summed E-state index contributed by atoms with van der Waals surface area (Å²) in [6, 6.07) is 0. The molecule has 2 saturated heterocycles. The minimum atomic E-state index is -0.428. The molecule has 2 fully saturated rings. The molecule has 0 N–H and O–H groups in total. The van der Waals surface area contributed by atoms with Gasteiger partial charge in [-0.1, -0.05) is 6.92 Å². The van der Waals surface area contributed by atoms with Crippen LogP contribution in [-0.2, 0) is 9.47 Å². The van der Waals surface area contributed by atoms with Crippen molar-refractivity contribution in [3.63, 3.8) is 0 Å². The number of hydrogen-bond acceptors (Lipinski definition) is 4. The highest BCUT2D eigenvalue weighted by Gasteiger charge is 2.41. The minimum absolute atomic E-state index is 0.0962. The fourth-order valence-corrected chi connectivity index (χ4v) is 3.40. The summed E-state index contributed by atoms with van der Waals surface area (Å²) in [5.41, 5.74) is -0.332. The predicted molar refractivity (Wildman–Crippen MR) is 82.5 cm³/mol. The standard InChI is InChI=1S/C16H30N2O3/c1-5-16(18-9-11-20-12-10-18)7-6-8-17(13-16)14(19)21-15(2,3)4/h5-13H2,1-4H3. The van der Waals surface area contributed by atoms with Gasteiger partial charge < -0.3 is 14.4 Å². The molecule has 1 amide bonds. The summed E-state index contributed by atoms with van der Waals surface area (Å²) >= 11 is 0. The highest BCUT2D eigenvalue weighted by atomic mass is 16.6. The van der Waals surface area contributed by atoms with E-state index in [9.17, 15) is 4.79 Å². The van der Waals surface area contributed by atoms with E-state index in [0.717, 1.165) is 58.7 Å². The molecule has 1 atom stereocenters. The van der Waals surface area contributed by atoms with Crippen molar-refractivity contribution in [1.29, 1.82) is 0 Å². The van der Waals surface area contributed by atoms with Gasteiger partial charge in [0, 0.05) is 31.7 Å². The normalized spacial score (nSPS) is 28.5. The lowest BCUT2D eigenvalue weighted by atomic mass is 9.84. The average Bonchev–Trinajstić information content (AvgIpc) is 2.46. The molecular formula is C16H30N2O3. The first-order chi connectivity index (χ1) is 9.86. The van der Waals surface area contributed by atoms with Crippen molar-refractivity contribution in [2.75, 3.05) is 39.4 Å². The summed E-state index contributed by atoms with van der Waals surface area (Å²) < 4.78 is 11.0. The minimum Gasteiger partial charge on any atom is -0.444 e. The zero-order valence-corrected chi connectivity index (χ0v) is 14.0. The van der Waals surface area contributed by atoms with Crippen LogP contribution >= 0.6 is 0 Å². The van der Waals surface area contributed by atoms with Gasteiger partial charge in [-0.15, -0.1) is 0 Å². The summed E-state index contributed by atoms with van der Waals surface area (Å²) in [6.45, 7) is 13.1. The summed E-state index contributed by atoms with van der Waals surface area (Å²) in [7, 11) is 0. The molecule has 0 aromatic carbocycles. The summed E-state index contributed by atoms with van der Waals surface area (Å²) in [5.74, 6) is 0. The second-order valence-corrected chi connectivity index (χ2v) is 7.18. The summed E-state index contributed by atoms with van der Waals surface area (Å²) in [5, 5.41) is 0. The predicted octanol–water partition coefficient (Wildman–Crippen LogP) is 2.50. The van der Waals surface area contributed by atoms with Gasteiger partial charge in [0.1, 0.15) is 5.60 Å². The Balaban J connectivity index is 2.05.